The van der Waals surface area contributed by atoms with Gasteiger partial charge in [0.2, 0.25) is 0 Å². The predicted octanol–water partition coefficient (Wildman–Crippen LogP) is 0.280. The number of amides is 1. The van der Waals surface area contributed by atoms with Crippen molar-refractivity contribution in [2.24, 2.45) is 11.8 Å². The van der Waals surface area contributed by atoms with Crippen molar-refractivity contribution in [1.82, 2.24) is 10.6 Å². The van der Waals surface area contributed by atoms with E-state index < -0.39 is 0 Å². The molecule has 90 valence electrons. The molecule has 2 aliphatic carbocycles. The van der Waals surface area contributed by atoms with E-state index in [1.54, 1.807) is 0 Å². The van der Waals surface area contributed by atoms with Crippen LogP contribution in [0.1, 0.15) is 25.7 Å². The van der Waals surface area contributed by atoms with Crippen molar-refractivity contribution < 1.29 is 9.53 Å². The molecule has 0 aromatic carbocycles. The fraction of sp³-hybridized carbons (Fsp3) is 0.917. The van der Waals surface area contributed by atoms with Gasteiger partial charge in [0.05, 0.1) is 6.61 Å². The number of carbonyl (C=O) groups is 1. The molecule has 3 aliphatic rings. The van der Waals surface area contributed by atoms with Gasteiger partial charge in [-0.05, 0) is 31.1 Å². The Morgan fingerprint density at radius 2 is 2.25 bits per heavy atom. The van der Waals surface area contributed by atoms with Gasteiger partial charge in [-0.1, -0.05) is 6.42 Å². The summed E-state index contributed by atoms with van der Waals surface area (Å²) in [4.78, 5) is 12.0. The minimum Gasteiger partial charge on any atom is -0.366 e. The summed E-state index contributed by atoms with van der Waals surface area (Å²) in [6, 6.07) is 0.428. The van der Waals surface area contributed by atoms with Crippen LogP contribution in [0.3, 0.4) is 0 Å². The zero-order valence-electron chi connectivity index (χ0n) is 9.58. The first-order chi connectivity index (χ1) is 7.83. The third-order valence-electron chi connectivity index (χ3n) is 4.29. The van der Waals surface area contributed by atoms with Crippen LogP contribution < -0.4 is 10.6 Å². The van der Waals surface area contributed by atoms with E-state index in [9.17, 15) is 4.79 Å². The van der Waals surface area contributed by atoms with Crippen molar-refractivity contribution in [3.05, 3.63) is 0 Å². The van der Waals surface area contributed by atoms with Crippen molar-refractivity contribution in [1.29, 1.82) is 0 Å². The molecule has 1 aliphatic heterocycles. The first kappa shape index (κ1) is 10.5. The molecule has 0 spiro atoms. The van der Waals surface area contributed by atoms with E-state index in [1.165, 1.54) is 25.7 Å². The Bertz CT molecular complexity index is 276. The Kier molecular flexibility index (Phi) is 2.86. The maximum atomic E-state index is 12.0. The molecule has 2 bridgehead atoms. The second-order valence-corrected chi connectivity index (χ2v) is 5.35. The molecule has 0 radical (unpaired) electrons. The normalized spacial score (nSPS) is 42.2. The quantitative estimate of drug-likeness (QED) is 0.708. The Balaban J connectivity index is 1.52. The number of carbonyl (C=O) groups excluding carboxylic acids is 1. The molecule has 1 saturated heterocycles. The highest BCUT2D eigenvalue weighted by molar-refractivity contribution is 5.81. The molecular weight excluding hydrogens is 204 g/mol. The van der Waals surface area contributed by atoms with Gasteiger partial charge in [-0.15, -0.1) is 0 Å². The molecule has 1 amide bonds. The molecule has 16 heavy (non-hydrogen) atoms. The fourth-order valence-electron chi connectivity index (χ4n) is 3.43. The molecule has 2 N–H and O–H groups in total. The van der Waals surface area contributed by atoms with Gasteiger partial charge in [-0.25, -0.2) is 0 Å². The van der Waals surface area contributed by atoms with E-state index >= 15 is 0 Å². The van der Waals surface area contributed by atoms with Crippen LogP contribution in [0.2, 0.25) is 0 Å². The first-order valence-electron chi connectivity index (χ1n) is 6.45. The second kappa shape index (κ2) is 4.34. The number of hydrogen-bond donors (Lipinski definition) is 2. The Hall–Kier alpha value is -0.610. The van der Waals surface area contributed by atoms with Crippen molar-refractivity contribution in [2.75, 3.05) is 19.7 Å². The lowest BCUT2D eigenvalue weighted by Gasteiger charge is -2.27. The lowest BCUT2D eigenvalue weighted by Crippen LogP contribution is -2.51. The summed E-state index contributed by atoms with van der Waals surface area (Å²) >= 11 is 0. The smallest absolute Gasteiger partial charge is 0.250 e. The van der Waals surface area contributed by atoms with Crippen molar-refractivity contribution in [3.8, 4) is 0 Å². The summed E-state index contributed by atoms with van der Waals surface area (Å²) in [5.41, 5.74) is 0. The van der Waals surface area contributed by atoms with Crippen LogP contribution in [0.15, 0.2) is 0 Å². The van der Waals surface area contributed by atoms with E-state index in [-0.39, 0.29) is 12.0 Å². The van der Waals surface area contributed by atoms with Crippen LogP contribution in [0.25, 0.3) is 0 Å². The molecule has 0 aromatic heterocycles. The summed E-state index contributed by atoms with van der Waals surface area (Å²) < 4.78 is 5.46. The average Bonchev–Trinajstić information content (AvgIpc) is 2.92. The highest BCUT2D eigenvalue weighted by atomic mass is 16.5. The van der Waals surface area contributed by atoms with Gasteiger partial charge in [-0.2, -0.15) is 0 Å². The Morgan fingerprint density at radius 1 is 1.31 bits per heavy atom. The molecule has 1 heterocycles. The van der Waals surface area contributed by atoms with Gasteiger partial charge < -0.3 is 15.4 Å². The van der Waals surface area contributed by atoms with E-state index in [4.69, 9.17) is 4.74 Å². The first-order valence-corrected chi connectivity index (χ1v) is 6.45. The number of ether oxygens (including phenoxy) is 1. The lowest BCUT2D eigenvalue weighted by atomic mass is 9.95. The largest absolute Gasteiger partial charge is 0.366 e. The van der Waals surface area contributed by atoms with Crippen LogP contribution in [-0.2, 0) is 9.53 Å². The van der Waals surface area contributed by atoms with Gasteiger partial charge in [0.15, 0.2) is 0 Å². The molecule has 4 heteroatoms. The predicted molar refractivity (Wildman–Crippen MR) is 60.0 cm³/mol. The summed E-state index contributed by atoms with van der Waals surface area (Å²) in [6.45, 7) is 2.17. The van der Waals surface area contributed by atoms with Gasteiger partial charge in [0.1, 0.15) is 6.10 Å². The van der Waals surface area contributed by atoms with Gasteiger partial charge in [0.25, 0.3) is 5.91 Å². The molecule has 4 nitrogen and oxygen atoms in total. The SMILES string of the molecule is O=C(NC1CC2CCC1C2)C1CNCCO1. The highest BCUT2D eigenvalue weighted by Gasteiger charge is 2.40. The maximum Gasteiger partial charge on any atom is 0.250 e. The van der Waals surface area contributed by atoms with Crippen molar-refractivity contribution in [3.63, 3.8) is 0 Å². The van der Waals surface area contributed by atoms with Crippen molar-refractivity contribution >= 4 is 5.91 Å². The molecule has 4 unspecified atom stereocenters. The summed E-state index contributed by atoms with van der Waals surface area (Å²) in [7, 11) is 0. The number of nitrogens with one attached hydrogen (secondary N) is 2. The van der Waals surface area contributed by atoms with E-state index in [0.717, 1.165) is 18.4 Å². The van der Waals surface area contributed by atoms with Crippen molar-refractivity contribution in [2.45, 2.75) is 37.8 Å². The van der Waals surface area contributed by atoms with Crippen LogP contribution in [0.4, 0.5) is 0 Å². The zero-order valence-corrected chi connectivity index (χ0v) is 9.58. The Labute approximate surface area is 96.1 Å². The monoisotopic (exact) mass is 224 g/mol. The maximum absolute atomic E-state index is 12.0. The molecular formula is C12H20N2O2. The number of fused-ring (bicyclic) bond motifs is 2. The third-order valence-corrected chi connectivity index (χ3v) is 4.29. The van der Waals surface area contributed by atoms with Gasteiger partial charge >= 0.3 is 0 Å². The molecule has 3 rings (SSSR count). The van der Waals surface area contributed by atoms with Crippen LogP contribution in [-0.4, -0.2) is 37.7 Å². The van der Waals surface area contributed by atoms with Gasteiger partial charge in [-0.3, -0.25) is 4.79 Å². The summed E-state index contributed by atoms with van der Waals surface area (Å²) in [5, 5.41) is 6.36. The van der Waals surface area contributed by atoms with E-state index in [2.05, 4.69) is 10.6 Å². The standard InChI is InChI=1S/C12H20N2O2/c15-12(11-7-13-3-4-16-11)14-10-6-8-1-2-9(10)5-8/h8-11,13H,1-7H2,(H,14,15). The number of rotatable bonds is 2. The van der Waals surface area contributed by atoms with Crippen LogP contribution >= 0.6 is 0 Å². The van der Waals surface area contributed by atoms with E-state index in [1.807, 2.05) is 0 Å². The van der Waals surface area contributed by atoms with E-state index in [0.29, 0.717) is 19.2 Å². The van der Waals surface area contributed by atoms with Gasteiger partial charge in [0, 0.05) is 19.1 Å². The zero-order chi connectivity index (χ0) is 11.0. The molecule has 0 aromatic rings. The topological polar surface area (TPSA) is 50.4 Å². The minimum atomic E-state index is -0.270. The van der Waals surface area contributed by atoms with Crippen LogP contribution in [0.5, 0.6) is 0 Å². The lowest BCUT2D eigenvalue weighted by molar-refractivity contribution is -0.135. The molecule has 3 fully saturated rings. The average molecular weight is 224 g/mol. The second-order valence-electron chi connectivity index (χ2n) is 5.35. The minimum absolute atomic E-state index is 0.0877. The Morgan fingerprint density at radius 3 is 2.88 bits per heavy atom. The fourth-order valence-corrected chi connectivity index (χ4v) is 3.43. The summed E-state index contributed by atoms with van der Waals surface area (Å²) in [5.74, 6) is 1.70. The number of hydrogen-bond acceptors (Lipinski definition) is 3. The third kappa shape index (κ3) is 1.96. The molecule has 2 saturated carbocycles. The summed E-state index contributed by atoms with van der Waals surface area (Å²) in [6.07, 6.45) is 4.93. The highest BCUT2D eigenvalue weighted by Crippen LogP contribution is 2.44. The number of morpholine rings is 1. The van der Waals surface area contributed by atoms with Crippen LogP contribution in [0, 0.1) is 11.8 Å². The molecule has 4 atom stereocenters.